The van der Waals surface area contributed by atoms with Crippen LogP contribution in [0.2, 0.25) is 0 Å². The van der Waals surface area contributed by atoms with Gasteiger partial charge in [-0.1, -0.05) is 6.07 Å². The molecule has 2 aromatic heterocycles. The summed E-state index contributed by atoms with van der Waals surface area (Å²) in [5, 5.41) is 4.67. The Labute approximate surface area is 120 Å². The van der Waals surface area contributed by atoms with Crippen molar-refractivity contribution in [3.8, 4) is 5.69 Å². The summed E-state index contributed by atoms with van der Waals surface area (Å²) in [7, 11) is 1.52. The van der Waals surface area contributed by atoms with Gasteiger partial charge in [-0.15, -0.1) is 0 Å². The van der Waals surface area contributed by atoms with Gasteiger partial charge in [0.15, 0.2) is 11.6 Å². The first kappa shape index (κ1) is 13.0. The van der Waals surface area contributed by atoms with E-state index in [-0.39, 0.29) is 11.2 Å². The third kappa shape index (κ3) is 1.77. The Bertz CT molecular complexity index is 865. The molecule has 0 unspecified atom stereocenters. The Morgan fingerprint density at radius 1 is 1.15 bits per heavy atom. The number of aryl methyl sites for hydroxylation is 1. The molecule has 0 radical (unpaired) electrons. The van der Waals surface area contributed by atoms with E-state index in [1.165, 1.54) is 23.7 Å². The highest BCUT2D eigenvalue weighted by Crippen LogP contribution is 2.26. The Kier molecular flexibility index (Phi) is 2.93. The molecule has 0 aliphatic heterocycles. The number of para-hydroxylation sites is 1. The van der Waals surface area contributed by atoms with Crippen LogP contribution in [0.5, 0.6) is 0 Å². The molecule has 0 amide bonds. The molecule has 0 atom stereocenters. The van der Waals surface area contributed by atoms with Crippen molar-refractivity contribution in [2.75, 3.05) is 0 Å². The van der Waals surface area contributed by atoms with Crippen LogP contribution in [0, 0.1) is 11.6 Å². The van der Waals surface area contributed by atoms with Crippen LogP contribution in [0.1, 0.15) is 0 Å². The molecular formula is C13H8BrF2N3O. The third-order valence-electron chi connectivity index (χ3n) is 3.04. The highest BCUT2D eigenvalue weighted by molar-refractivity contribution is 9.10. The molecule has 2 heterocycles. The summed E-state index contributed by atoms with van der Waals surface area (Å²) in [6.45, 7) is 0. The summed E-state index contributed by atoms with van der Waals surface area (Å²) in [6, 6.07) is 6.48. The number of rotatable bonds is 1. The summed E-state index contributed by atoms with van der Waals surface area (Å²) < 4.78 is 30.6. The molecule has 0 N–H and O–H groups in total. The number of fused-ring (bicyclic) bond motifs is 1. The molecule has 0 spiro atoms. The largest absolute Gasteiger partial charge is 0.296 e. The van der Waals surface area contributed by atoms with Gasteiger partial charge in [0.05, 0.1) is 5.39 Å². The van der Waals surface area contributed by atoms with E-state index in [0.29, 0.717) is 15.6 Å². The van der Waals surface area contributed by atoms with Crippen molar-refractivity contribution in [2.24, 2.45) is 7.05 Å². The second kappa shape index (κ2) is 4.52. The molecule has 0 bridgehead atoms. The van der Waals surface area contributed by atoms with E-state index >= 15 is 0 Å². The lowest BCUT2D eigenvalue weighted by Gasteiger charge is -2.08. The van der Waals surface area contributed by atoms with Crippen LogP contribution in [0.15, 0.2) is 39.7 Å². The number of nitrogens with zero attached hydrogens (tertiary/aromatic N) is 3. The van der Waals surface area contributed by atoms with Gasteiger partial charge in [0, 0.05) is 13.1 Å². The van der Waals surface area contributed by atoms with Crippen molar-refractivity contribution >= 4 is 27.0 Å². The lowest BCUT2D eigenvalue weighted by molar-refractivity contribution is 0.560. The van der Waals surface area contributed by atoms with E-state index in [9.17, 15) is 13.6 Å². The zero-order valence-corrected chi connectivity index (χ0v) is 11.9. The smallest absolute Gasteiger partial charge is 0.251 e. The maximum absolute atomic E-state index is 13.9. The molecule has 0 aliphatic rings. The molecule has 1 aromatic carbocycles. The highest BCUT2D eigenvalue weighted by Gasteiger charge is 2.18. The number of benzene rings is 1. The van der Waals surface area contributed by atoms with Crippen molar-refractivity contribution < 1.29 is 8.78 Å². The SMILES string of the molecule is Cn1c(=O)ccc2c(Br)nn(-c3c(F)cccc3F)c21. The van der Waals surface area contributed by atoms with E-state index in [2.05, 4.69) is 21.0 Å². The molecular weight excluding hydrogens is 332 g/mol. The maximum Gasteiger partial charge on any atom is 0.251 e. The van der Waals surface area contributed by atoms with Crippen LogP contribution in [0.25, 0.3) is 16.7 Å². The van der Waals surface area contributed by atoms with Crippen molar-refractivity contribution in [3.63, 3.8) is 0 Å². The molecule has 0 saturated heterocycles. The molecule has 0 saturated carbocycles. The third-order valence-corrected chi connectivity index (χ3v) is 3.63. The maximum atomic E-state index is 13.9. The number of pyridine rings is 1. The Morgan fingerprint density at radius 2 is 1.80 bits per heavy atom. The number of halogens is 3. The molecule has 102 valence electrons. The molecule has 20 heavy (non-hydrogen) atoms. The Hall–Kier alpha value is -2.02. The van der Waals surface area contributed by atoms with E-state index in [1.54, 1.807) is 6.07 Å². The second-order valence-corrected chi connectivity index (χ2v) is 4.99. The second-order valence-electron chi connectivity index (χ2n) is 4.24. The van der Waals surface area contributed by atoms with E-state index < -0.39 is 11.6 Å². The van der Waals surface area contributed by atoms with Gasteiger partial charge in [0.1, 0.15) is 15.9 Å². The lowest BCUT2D eigenvalue weighted by Crippen LogP contribution is -2.18. The van der Waals surface area contributed by atoms with Crippen LogP contribution in [0.4, 0.5) is 8.78 Å². The van der Waals surface area contributed by atoms with Gasteiger partial charge in [-0.2, -0.15) is 5.10 Å². The zero-order chi connectivity index (χ0) is 14.4. The van der Waals surface area contributed by atoms with Crippen LogP contribution >= 0.6 is 15.9 Å². The predicted molar refractivity (Wildman–Crippen MR) is 73.9 cm³/mol. The monoisotopic (exact) mass is 339 g/mol. The van der Waals surface area contributed by atoms with Gasteiger partial charge in [-0.3, -0.25) is 9.36 Å². The van der Waals surface area contributed by atoms with Crippen LogP contribution < -0.4 is 5.56 Å². The Balaban J connectivity index is 2.50. The van der Waals surface area contributed by atoms with Gasteiger partial charge >= 0.3 is 0 Å². The number of aromatic nitrogens is 3. The molecule has 4 nitrogen and oxygen atoms in total. The van der Waals surface area contributed by atoms with Crippen molar-refractivity contribution in [1.29, 1.82) is 0 Å². The van der Waals surface area contributed by atoms with Gasteiger partial charge in [-0.25, -0.2) is 13.5 Å². The topological polar surface area (TPSA) is 39.8 Å². The average molecular weight is 340 g/mol. The zero-order valence-electron chi connectivity index (χ0n) is 10.3. The fraction of sp³-hybridized carbons (Fsp3) is 0.0769. The van der Waals surface area contributed by atoms with E-state index in [4.69, 9.17) is 0 Å². The fourth-order valence-corrected chi connectivity index (χ4v) is 2.55. The van der Waals surface area contributed by atoms with Crippen LogP contribution in [-0.4, -0.2) is 14.3 Å². The summed E-state index contributed by atoms with van der Waals surface area (Å²) in [4.78, 5) is 11.7. The van der Waals surface area contributed by atoms with Crippen molar-refractivity contribution in [3.05, 3.63) is 56.9 Å². The summed E-state index contributed by atoms with van der Waals surface area (Å²) >= 11 is 3.23. The minimum atomic E-state index is -0.752. The number of hydrogen-bond acceptors (Lipinski definition) is 2. The first-order chi connectivity index (χ1) is 9.50. The molecule has 0 fully saturated rings. The quantitative estimate of drug-likeness (QED) is 0.683. The van der Waals surface area contributed by atoms with E-state index in [1.807, 2.05) is 0 Å². The predicted octanol–water partition coefficient (Wildman–Crippen LogP) is 2.76. The number of hydrogen-bond donors (Lipinski definition) is 0. The minimum absolute atomic E-state index is 0.289. The van der Waals surface area contributed by atoms with Gasteiger partial charge < -0.3 is 0 Å². The fourth-order valence-electron chi connectivity index (χ4n) is 2.08. The minimum Gasteiger partial charge on any atom is -0.296 e. The van der Waals surface area contributed by atoms with Crippen LogP contribution in [-0.2, 0) is 7.05 Å². The van der Waals surface area contributed by atoms with Crippen molar-refractivity contribution in [2.45, 2.75) is 0 Å². The normalized spacial score (nSPS) is 11.2. The van der Waals surface area contributed by atoms with Crippen molar-refractivity contribution in [1.82, 2.24) is 14.3 Å². The Morgan fingerprint density at radius 3 is 2.45 bits per heavy atom. The van der Waals surface area contributed by atoms with Crippen LogP contribution in [0.3, 0.4) is 0 Å². The summed E-state index contributed by atoms with van der Waals surface area (Å²) in [5.74, 6) is -1.50. The summed E-state index contributed by atoms with van der Waals surface area (Å²) in [5.41, 5.74) is -0.291. The van der Waals surface area contributed by atoms with Gasteiger partial charge in [-0.05, 0) is 34.1 Å². The average Bonchev–Trinajstić information content (AvgIpc) is 2.72. The standard InChI is InChI=1S/C13H8BrF2N3O/c1-18-10(20)6-5-7-12(14)17-19(13(7)18)11-8(15)3-2-4-9(11)16/h2-6H,1H3. The highest BCUT2D eigenvalue weighted by atomic mass is 79.9. The molecule has 3 aromatic rings. The summed E-state index contributed by atoms with van der Waals surface area (Å²) in [6.07, 6.45) is 0. The van der Waals surface area contributed by atoms with Gasteiger partial charge in [0.2, 0.25) is 0 Å². The first-order valence-corrected chi connectivity index (χ1v) is 6.48. The molecule has 0 aliphatic carbocycles. The first-order valence-electron chi connectivity index (χ1n) is 5.69. The molecule has 3 rings (SSSR count). The molecule has 7 heteroatoms. The van der Waals surface area contributed by atoms with E-state index in [0.717, 1.165) is 16.8 Å². The lowest BCUT2D eigenvalue weighted by atomic mass is 10.3. The van der Waals surface area contributed by atoms with Gasteiger partial charge in [0.25, 0.3) is 5.56 Å².